The van der Waals surface area contributed by atoms with E-state index in [0.717, 1.165) is 18.9 Å². The summed E-state index contributed by atoms with van der Waals surface area (Å²) in [7, 11) is 1.49. The zero-order chi connectivity index (χ0) is 23.8. The first-order valence-electron chi connectivity index (χ1n) is 10.8. The summed E-state index contributed by atoms with van der Waals surface area (Å²) in [6.45, 7) is -3.60. The average Bonchev–Trinajstić information content (AvgIpc) is 3.60. The summed E-state index contributed by atoms with van der Waals surface area (Å²) in [6.07, 6.45) is 5.12. The molecule has 0 saturated heterocycles. The number of guanidine groups is 1. The number of carbonyl (C=O) groups excluding carboxylic acids is 1. The van der Waals surface area contributed by atoms with Gasteiger partial charge in [0, 0.05) is 19.4 Å². The highest BCUT2D eigenvalue weighted by molar-refractivity contribution is 6.07. The maximum Gasteiger partial charge on any atom is 0.387 e. The molecule has 1 heterocycles. The van der Waals surface area contributed by atoms with Crippen molar-refractivity contribution in [2.45, 2.75) is 37.8 Å². The van der Waals surface area contributed by atoms with Crippen LogP contribution in [0.4, 0.5) is 17.6 Å². The molecule has 0 aromatic heterocycles. The van der Waals surface area contributed by atoms with Crippen molar-refractivity contribution in [3.8, 4) is 5.75 Å². The van der Waals surface area contributed by atoms with Gasteiger partial charge in [-0.05, 0) is 54.5 Å². The van der Waals surface area contributed by atoms with Crippen LogP contribution < -0.4 is 10.5 Å². The second kappa shape index (κ2) is 9.07. The lowest BCUT2D eigenvalue weighted by Crippen LogP contribution is -2.45. The lowest BCUT2D eigenvalue weighted by Gasteiger charge is -2.35. The highest BCUT2D eigenvalue weighted by Crippen LogP contribution is 2.50. The van der Waals surface area contributed by atoms with E-state index in [1.807, 2.05) is 0 Å². The van der Waals surface area contributed by atoms with Gasteiger partial charge < -0.3 is 15.2 Å². The Hall–Kier alpha value is -3.04. The van der Waals surface area contributed by atoms with E-state index in [2.05, 4.69) is 4.99 Å². The highest BCUT2D eigenvalue weighted by Gasteiger charge is 2.54. The summed E-state index contributed by atoms with van der Waals surface area (Å²) in [5, 5.41) is 0. The number of hydrogen-bond acceptors (Lipinski definition) is 5. The zero-order valence-corrected chi connectivity index (χ0v) is 18.1. The minimum absolute atomic E-state index is 0.01000. The van der Waals surface area contributed by atoms with Gasteiger partial charge in [0.1, 0.15) is 5.76 Å². The fourth-order valence-electron chi connectivity index (χ4n) is 4.41. The standard InChI is InChI=1S/C23H25F4N3O3/c1-30-20(31)23(29-22(30)28,15-5-7-17(25)19(12-15)32-10-2-9-24)14-6-8-18(33-21(26)27)16(11-14)13-3-4-13/h5-8,12-14,21H,2-4,9-11H2,1H3,(H2,28,29)/t14?,23-/m1/s1. The third-order valence-corrected chi connectivity index (χ3v) is 6.23. The fraction of sp³-hybridized carbons (Fsp3) is 0.478. The van der Waals surface area contributed by atoms with Crippen LogP contribution in [-0.4, -0.2) is 43.7 Å². The lowest BCUT2D eigenvalue weighted by atomic mass is 9.72. The molecule has 1 fully saturated rings. The highest BCUT2D eigenvalue weighted by atomic mass is 19.3. The van der Waals surface area contributed by atoms with Crippen LogP contribution in [0.1, 0.15) is 31.2 Å². The van der Waals surface area contributed by atoms with Crippen LogP contribution in [0.3, 0.4) is 0 Å². The molecule has 2 N–H and O–H groups in total. The van der Waals surface area contributed by atoms with Crippen molar-refractivity contribution in [3.05, 3.63) is 53.1 Å². The van der Waals surface area contributed by atoms with E-state index in [0.29, 0.717) is 11.1 Å². The average molecular weight is 467 g/mol. The van der Waals surface area contributed by atoms with E-state index in [4.69, 9.17) is 15.2 Å². The molecule has 0 radical (unpaired) electrons. The van der Waals surface area contributed by atoms with E-state index in [-0.39, 0.29) is 42.8 Å². The molecule has 4 rings (SSSR count). The number of hydrogen-bond donors (Lipinski definition) is 1. The Labute approximate surface area is 188 Å². The number of ether oxygens (including phenoxy) is 2. The maximum absolute atomic E-state index is 14.4. The molecule has 2 aliphatic carbocycles. The molecule has 10 heteroatoms. The van der Waals surface area contributed by atoms with Crippen LogP contribution in [-0.2, 0) is 15.1 Å². The number of benzene rings is 1. The topological polar surface area (TPSA) is 77.2 Å². The number of alkyl halides is 3. The van der Waals surface area contributed by atoms with Gasteiger partial charge in [0.2, 0.25) is 0 Å². The van der Waals surface area contributed by atoms with Gasteiger partial charge in [-0.15, -0.1) is 0 Å². The second-order valence-electron chi connectivity index (χ2n) is 8.35. The first-order chi connectivity index (χ1) is 15.8. The Morgan fingerprint density at radius 1 is 1.33 bits per heavy atom. The van der Waals surface area contributed by atoms with Crippen LogP contribution >= 0.6 is 0 Å². The van der Waals surface area contributed by atoms with Crippen LogP contribution in [0.25, 0.3) is 0 Å². The van der Waals surface area contributed by atoms with Crippen LogP contribution in [0.5, 0.6) is 5.75 Å². The maximum atomic E-state index is 14.4. The van der Waals surface area contributed by atoms with E-state index in [1.54, 1.807) is 6.08 Å². The fourth-order valence-corrected chi connectivity index (χ4v) is 4.41. The summed E-state index contributed by atoms with van der Waals surface area (Å²) in [6, 6.07) is 3.97. The molecule has 1 unspecified atom stereocenters. The van der Waals surface area contributed by atoms with Gasteiger partial charge in [0.05, 0.1) is 13.3 Å². The van der Waals surface area contributed by atoms with E-state index in [1.165, 1.54) is 30.2 Å². The van der Waals surface area contributed by atoms with Gasteiger partial charge in [-0.1, -0.05) is 12.1 Å². The summed E-state index contributed by atoms with van der Waals surface area (Å²) in [4.78, 5) is 19.2. The van der Waals surface area contributed by atoms with Crippen molar-refractivity contribution in [2.75, 3.05) is 20.3 Å². The lowest BCUT2D eigenvalue weighted by molar-refractivity contribution is -0.132. The Morgan fingerprint density at radius 3 is 2.70 bits per heavy atom. The van der Waals surface area contributed by atoms with Crippen molar-refractivity contribution in [2.24, 2.45) is 22.6 Å². The van der Waals surface area contributed by atoms with Gasteiger partial charge in [-0.2, -0.15) is 8.78 Å². The number of rotatable bonds is 9. The number of likely N-dealkylation sites (N-methyl/N-ethyl adjacent to an activating group) is 1. The minimum Gasteiger partial charge on any atom is -0.490 e. The van der Waals surface area contributed by atoms with Crippen LogP contribution in [0.15, 0.2) is 46.7 Å². The first-order valence-corrected chi connectivity index (χ1v) is 10.8. The number of aliphatic imine (C=N–C) groups is 1. The molecule has 3 aliphatic rings. The molecule has 1 amide bonds. The van der Waals surface area contributed by atoms with Gasteiger partial charge in [0.25, 0.3) is 5.91 Å². The molecule has 0 bridgehead atoms. The summed E-state index contributed by atoms with van der Waals surface area (Å²) < 4.78 is 62.8. The summed E-state index contributed by atoms with van der Waals surface area (Å²) in [5.74, 6) is -1.58. The smallest absolute Gasteiger partial charge is 0.387 e. The van der Waals surface area contributed by atoms with Crippen LogP contribution in [0.2, 0.25) is 0 Å². The third kappa shape index (κ3) is 4.30. The molecule has 178 valence electrons. The van der Waals surface area contributed by atoms with Crippen molar-refractivity contribution < 1.29 is 31.8 Å². The second-order valence-corrected chi connectivity index (χ2v) is 8.35. The quantitative estimate of drug-likeness (QED) is 0.440. The van der Waals surface area contributed by atoms with Gasteiger partial charge in [-0.3, -0.25) is 14.1 Å². The normalized spacial score (nSPS) is 25.2. The van der Waals surface area contributed by atoms with Crippen molar-refractivity contribution in [1.82, 2.24) is 4.90 Å². The number of nitrogens with zero attached hydrogens (tertiary/aromatic N) is 2. The Kier molecular flexibility index (Phi) is 6.36. The SMILES string of the molecule is CN1C(=O)[C@](c2ccc(F)c(OCCCF)c2)(C2C=CC(OC(F)F)=C(C3CC3)C2)N=C1N. The van der Waals surface area contributed by atoms with Crippen molar-refractivity contribution in [1.29, 1.82) is 0 Å². The summed E-state index contributed by atoms with van der Waals surface area (Å²) >= 11 is 0. The third-order valence-electron chi connectivity index (χ3n) is 6.23. The van der Waals surface area contributed by atoms with E-state index in [9.17, 15) is 22.4 Å². The molecule has 1 aliphatic heterocycles. The number of nitrogens with two attached hydrogens (primary N) is 1. The molecule has 2 atom stereocenters. The summed E-state index contributed by atoms with van der Waals surface area (Å²) in [5.41, 5.74) is 5.53. The zero-order valence-electron chi connectivity index (χ0n) is 18.1. The molecule has 1 aromatic carbocycles. The van der Waals surface area contributed by atoms with Crippen LogP contribution in [0, 0.1) is 17.7 Å². The Morgan fingerprint density at radius 2 is 2.09 bits per heavy atom. The first kappa shape index (κ1) is 23.1. The molecular formula is C23H25F4N3O3. The van der Waals surface area contributed by atoms with Gasteiger partial charge in [-0.25, -0.2) is 9.38 Å². The number of halogens is 4. The van der Waals surface area contributed by atoms with E-state index >= 15 is 0 Å². The molecule has 1 aromatic rings. The Bertz CT molecular complexity index is 1020. The van der Waals surface area contributed by atoms with Crippen molar-refractivity contribution in [3.63, 3.8) is 0 Å². The minimum atomic E-state index is -2.96. The predicted molar refractivity (Wildman–Crippen MR) is 113 cm³/mol. The number of allylic oxidation sites excluding steroid dienone is 2. The molecule has 0 spiro atoms. The molecule has 1 saturated carbocycles. The predicted octanol–water partition coefficient (Wildman–Crippen LogP) is 4.03. The monoisotopic (exact) mass is 467 g/mol. The largest absolute Gasteiger partial charge is 0.490 e. The van der Waals surface area contributed by atoms with E-state index < -0.39 is 36.5 Å². The van der Waals surface area contributed by atoms with Gasteiger partial charge >= 0.3 is 6.61 Å². The molecule has 33 heavy (non-hydrogen) atoms. The van der Waals surface area contributed by atoms with Gasteiger partial charge in [0.15, 0.2) is 23.1 Å². The van der Waals surface area contributed by atoms with Crippen molar-refractivity contribution >= 4 is 11.9 Å². The Balaban J connectivity index is 1.75. The molecular weight excluding hydrogens is 442 g/mol. The number of amides is 1. The number of carbonyl (C=O) groups is 1. The molecule has 6 nitrogen and oxygen atoms in total.